The van der Waals surface area contributed by atoms with Gasteiger partial charge in [0.2, 0.25) is 5.91 Å². The maximum atomic E-state index is 13.7. The summed E-state index contributed by atoms with van der Waals surface area (Å²) in [6.07, 6.45) is 1.09. The van der Waals surface area contributed by atoms with Crippen molar-refractivity contribution in [1.29, 1.82) is 0 Å². The van der Waals surface area contributed by atoms with E-state index < -0.39 is 5.82 Å². The van der Waals surface area contributed by atoms with E-state index in [9.17, 15) is 9.18 Å². The zero-order valence-electron chi connectivity index (χ0n) is 9.16. The SMILES string of the molecule is O=C1CCc2cc(OCC3CO3)cc(F)c2N1. The van der Waals surface area contributed by atoms with Gasteiger partial charge in [-0.3, -0.25) is 4.79 Å². The molecule has 5 heteroatoms. The molecular weight excluding hydrogens is 225 g/mol. The number of halogens is 1. The Labute approximate surface area is 97.7 Å². The molecule has 1 aromatic rings. The predicted molar refractivity (Wildman–Crippen MR) is 58.6 cm³/mol. The summed E-state index contributed by atoms with van der Waals surface area (Å²) in [5, 5.41) is 2.54. The molecule has 1 N–H and O–H groups in total. The number of amides is 1. The number of aryl methyl sites for hydroxylation is 1. The molecular formula is C12H12FNO3. The smallest absolute Gasteiger partial charge is 0.224 e. The third-order valence-corrected chi connectivity index (χ3v) is 2.87. The van der Waals surface area contributed by atoms with E-state index in [1.807, 2.05) is 0 Å². The molecule has 1 saturated heterocycles. The average molecular weight is 237 g/mol. The first-order valence-electron chi connectivity index (χ1n) is 5.59. The molecule has 0 aromatic heterocycles. The Balaban J connectivity index is 1.81. The number of carbonyl (C=O) groups excluding carboxylic acids is 1. The van der Waals surface area contributed by atoms with Gasteiger partial charge in [-0.25, -0.2) is 4.39 Å². The quantitative estimate of drug-likeness (QED) is 0.810. The number of epoxide rings is 1. The molecule has 0 saturated carbocycles. The van der Waals surface area contributed by atoms with Crippen LogP contribution >= 0.6 is 0 Å². The zero-order valence-corrected chi connectivity index (χ0v) is 9.16. The van der Waals surface area contributed by atoms with Crippen molar-refractivity contribution in [2.75, 3.05) is 18.5 Å². The fraction of sp³-hybridized carbons (Fsp3) is 0.417. The lowest BCUT2D eigenvalue weighted by molar-refractivity contribution is -0.116. The van der Waals surface area contributed by atoms with Crippen molar-refractivity contribution in [3.8, 4) is 5.75 Å². The highest BCUT2D eigenvalue weighted by molar-refractivity contribution is 5.94. The summed E-state index contributed by atoms with van der Waals surface area (Å²) in [5.74, 6) is -0.0911. The molecule has 2 aliphatic rings. The molecule has 1 amide bonds. The molecule has 0 aliphatic carbocycles. The molecule has 1 fully saturated rings. The van der Waals surface area contributed by atoms with E-state index in [0.29, 0.717) is 31.8 Å². The highest BCUT2D eigenvalue weighted by Gasteiger charge is 2.24. The molecule has 90 valence electrons. The maximum absolute atomic E-state index is 13.7. The Bertz CT molecular complexity index is 471. The van der Waals surface area contributed by atoms with Crippen LogP contribution in [0.15, 0.2) is 12.1 Å². The van der Waals surface area contributed by atoms with Gasteiger partial charge in [-0.2, -0.15) is 0 Å². The molecule has 2 aliphatic heterocycles. The molecule has 1 atom stereocenters. The highest BCUT2D eigenvalue weighted by Crippen LogP contribution is 2.30. The van der Waals surface area contributed by atoms with Crippen LogP contribution in [0.4, 0.5) is 10.1 Å². The Hall–Kier alpha value is -1.62. The van der Waals surface area contributed by atoms with Crippen LogP contribution in [0.5, 0.6) is 5.75 Å². The van der Waals surface area contributed by atoms with E-state index in [2.05, 4.69) is 5.32 Å². The molecule has 4 nitrogen and oxygen atoms in total. The van der Waals surface area contributed by atoms with Crippen molar-refractivity contribution >= 4 is 11.6 Å². The van der Waals surface area contributed by atoms with Crippen LogP contribution in [0.25, 0.3) is 0 Å². The van der Waals surface area contributed by atoms with Crippen LogP contribution in [0, 0.1) is 5.82 Å². The predicted octanol–water partition coefficient (Wildman–Crippen LogP) is 1.49. The summed E-state index contributed by atoms with van der Waals surface area (Å²) in [5.41, 5.74) is 1.08. The van der Waals surface area contributed by atoms with Gasteiger partial charge in [-0.1, -0.05) is 0 Å². The van der Waals surface area contributed by atoms with E-state index >= 15 is 0 Å². The first-order chi connectivity index (χ1) is 8.22. The van der Waals surface area contributed by atoms with E-state index in [1.165, 1.54) is 6.07 Å². The highest BCUT2D eigenvalue weighted by atomic mass is 19.1. The topological polar surface area (TPSA) is 50.9 Å². The second kappa shape index (κ2) is 4.00. The Morgan fingerprint density at radius 1 is 1.47 bits per heavy atom. The second-order valence-electron chi connectivity index (χ2n) is 4.25. The summed E-state index contributed by atoms with van der Waals surface area (Å²) in [4.78, 5) is 11.2. The first kappa shape index (κ1) is 10.5. The normalized spacial score (nSPS) is 21.7. The summed E-state index contributed by atoms with van der Waals surface area (Å²) >= 11 is 0. The first-order valence-corrected chi connectivity index (χ1v) is 5.59. The van der Waals surface area contributed by atoms with Crippen molar-refractivity contribution in [2.24, 2.45) is 0 Å². The molecule has 17 heavy (non-hydrogen) atoms. The van der Waals surface area contributed by atoms with Crippen LogP contribution in [-0.4, -0.2) is 25.2 Å². The molecule has 3 rings (SSSR count). The number of benzene rings is 1. The van der Waals surface area contributed by atoms with Crippen LogP contribution in [0.2, 0.25) is 0 Å². The maximum Gasteiger partial charge on any atom is 0.224 e. The van der Waals surface area contributed by atoms with E-state index in [-0.39, 0.29) is 17.7 Å². The van der Waals surface area contributed by atoms with Crippen molar-refractivity contribution in [3.05, 3.63) is 23.5 Å². The van der Waals surface area contributed by atoms with Crippen molar-refractivity contribution in [2.45, 2.75) is 18.9 Å². The largest absolute Gasteiger partial charge is 0.491 e. The van der Waals surface area contributed by atoms with Gasteiger partial charge in [0, 0.05) is 12.5 Å². The summed E-state index contributed by atoms with van der Waals surface area (Å²) in [6.45, 7) is 1.16. The lowest BCUT2D eigenvalue weighted by Crippen LogP contribution is -2.20. The number of hydrogen-bond donors (Lipinski definition) is 1. The number of ether oxygens (including phenoxy) is 2. The second-order valence-corrected chi connectivity index (χ2v) is 4.25. The summed E-state index contributed by atoms with van der Waals surface area (Å²) < 4.78 is 24.2. The van der Waals surface area contributed by atoms with Gasteiger partial charge in [0.1, 0.15) is 18.5 Å². The number of rotatable bonds is 3. The fourth-order valence-electron chi connectivity index (χ4n) is 1.86. The third-order valence-electron chi connectivity index (χ3n) is 2.87. The minimum absolute atomic E-state index is 0.142. The monoisotopic (exact) mass is 237 g/mol. The van der Waals surface area contributed by atoms with Gasteiger partial charge < -0.3 is 14.8 Å². The lowest BCUT2D eigenvalue weighted by atomic mass is 10.0. The molecule has 0 bridgehead atoms. The fourth-order valence-corrected chi connectivity index (χ4v) is 1.86. The van der Waals surface area contributed by atoms with Gasteiger partial charge in [0.05, 0.1) is 12.3 Å². The molecule has 2 heterocycles. The number of fused-ring (bicyclic) bond motifs is 1. The van der Waals surface area contributed by atoms with E-state index in [1.54, 1.807) is 6.07 Å². The van der Waals surface area contributed by atoms with Gasteiger partial charge in [-0.15, -0.1) is 0 Å². The van der Waals surface area contributed by atoms with Crippen LogP contribution in [-0.2, 0) is 16.0 Å². The number of hydrogen-bond acceptors (Lipinski definition) is 3. The zero-order chi connectivity index (χ0) is 11.8. The van der Waals surface area contributed by atoms with E-state index in [0.717, 1.165) is 5.56 Å². The Morgan fingerprint density at radius 3 is 3.06 bits per heavy atom. The average Bonchev–Trinajstić information content (AvgIpc) is 3.11. The summed E-state index contributed by atoms with van der Waals surface area (Å²) in [6, 6.07) is 3.08. The Morgan fingerprint density at radius 2 is 2.29 bits per heavy atom. The standard InChI is InChI=1S/C12H12FNO3/c13-10-4-8(16-5-9-6-17-9)3-7-1-2-11(15)14-12(7)10/h3-4,9H,1-2,5-6H2,(H,14,15). The van der Waals surface area contributed by atoms with Gasteiger partial charge in [0.15, 0.2) is 5.82 Å². The minimum Gasteiger partial charge on any atom is -0.491 e. The van der Waals surface area contributed by atoms with Crippen molar-refractivity contribution in [1.82, 2.24) is 0 Å². The third kappa shape index (κ3) is 2.24. The van der Waals surface area contributed by atoms with E-state index in [4.69, 9.17) is 9.47 Å². The number of carbonyl (C=O) groups is 1. The molecule has 1 aromatic carbocycles. The van der Waals surface area contributed by atoms with Gasteiger partial charge >= 0.3 is 0 Å². The molecule has 1 unspecified atom stereocenters. The summed E-state index contributed by atoms with van der Waals surface area (Å²) in [7, 11) is 0. The lowest BCUT2D eigenvalue weighted by Gasteiger charge is -2.18. The van der Waals surface area contributed by atoms with Crippen molar-refractivity contribution in [3.63, 3.8) is 0 Å². The molecule has 0 spiro atoms. The molecule has 0 radical (unpaired) electrons. The number of nitrogens with one attached hydrogen (secondary N) is 1. The Kier molecular flexibility index (Phi) is 2.48. The van der Waals surface area contributed by atoms with Crippen LogP contribution in [0.1, 0.15) is 12.0 Å². The van der Waals surface area contributed by atoms with Crippen LogP contribution < -0.4 is 10.1 Å². The van der Waals surface area contributed by atoms with Gasteiger partial charge in [-0.05, 0) is 18.1 Å². The minimum atomic E-state index is -0.442. The number of anilines is 1. The van der Waals surface area contributed by atoms with Crippen LogP contribution in [0.3, 0.4) is 0 Å². The van der Waals surface area contributed by atoms with Crippen molar-refractivity contribution < 1.29 is 18.7 Å². The van der Waals surface area contributed by atoms with Gasteiger partial charge in [0.25, 0.3) is 0 Å².